The molecule has 3 nitrogen and oxygen atoms in total. The molecule has 1 aliphatic heterocycles. The Bertz CT molecular complexity index is 371. The Morgan fingerprint density at radius 3 is 2.61 bits per heavy atom. The van der Waals surface area contributed by atoms with Crippen molar-refractivity contribution in [2.24, 2.45) is 5.73 Å². The molecule has 0 bridgehead atoms. The summed E-state index contributed by atoms with van der Waals surface area (Å²) in [7, 11) is 0. The van der Waals surface area contributed by atoms with Crippen LogP contribution in [0.5, 0.6) is 0 Å². The minimum atomic E-state index is 0.418. The summed E-state index contributed by atoms with van der Waals surface area (Å²) in [5, 5.41) is 0. The molecule has 98 valence electrons. The van der Waals surface area contributed by atoms with Gasteiger partial charge in [-0.15, -0.1) is 0 Å². The Morgan fingerprint density at radius 1 is 1.17 bits per heavy atom. The average Bonchev–Trinajstić information content (AvgIpc) is 2.87. The summed E-state index contributed by atoms with van der Waals surface area (Å²) in [6, 6.07) is 5.48. The fraction of sp³-hybridized carbons (Fsp3) is 0.667. The van der Waals surface area contributed by atoms with Gasteiger partial charge in [-0.2, -0.15) is 0 Å². The number of hydrogen-bond acceptors (Lipinski definition) is 3. The predicted octanol–water partition coefficient (Wildman–Crippen LogP) is 2.14. The molecule has 2 N–H and O–H groups in total. The second-order valence-corrected chi connectivity index (χ2v) is 5.84. The maximum Gasteiger partial charge on any atom is 0.0302 e. The van der Waals surface area contributed by atoms with Gasteiger partial charge in [0.05, 0.1) is 0 Å². The van der Waals surface area contributed by atoms with E-state index in [-0.39, 0.29) is 0 Å². The number of likely N-dealkylation sites (tertiary alicyclic amines) is 1. The van der Waals surface area contributed by atoms with Gasteiger partial charge in [-0.3, -0.25) is 9.88 Å². The molecule has 1 saturated carbocycles. The van der Waals surface area contributed by atoms with E-state index >= 15 is 0 Å². The lowest BCUT2D eigenvalue weighted by Gasteiger charge is -2.34. The van der Waals surface area contributed by atoms with Gasteiger partial charge in [-0.1, -0.05) is 6.07 Å². The van der Waals surface area contributed by atoms with Crippen LogP contribution in [0, 0.1) is 0 Å². The molecule has 0 radical (unpaired) electrons. The molecule has 1 saturated heterocycles. The molecule has 1 aromatic rings. The molecular weight excluding hydrogens is 222 g/mol. The molecule has 1 aliphatic carbocycles. The predicted molar refractivity (Wildman–Crippen MR) is 73.4 cm³/mol. The summed E-state index contributed by atoms with van der Waals surface area (Å²) >= 11 is 0. The molecular formula is C15H23N3. The second kappa shape index (κ2) is 5.37. The van der Waals surface area contributed by atoms with Gasteiger partial charge in [-0.25, -0.2) is 0 Å². The van der Waals surface area contributed by atoms with Crippen LogP contribution in [0.15, 0.2) is 24.5 Å². The van der Waals surface area contributed by atoms with Gasteiger partial charge in [0.15, 0.2) is 0 Å². The van der Waals surface area contributed by atoms with Crippen molar-refractivity contribution in [2.45, 2.75) is 50.1 Å². The number of nitrogens with two attached hydrogens (primary N) is 1. The van der Waals surface area contributed by atoms with Gasteiger partial charge in [0.1, 0.15) is 0 Å². The summed E-state index contributed by atoms with van der Waals surface area (Å²) in [6.45, 7) is 2.33. The zero-order valence-corrected chi connectivity index (χ0v) is 11.0. The third-order valence-corrected chi connectivity index (χ3v) is 4.63. The van der Waals surface area contributed by atoms with Crippen molar-refractivity contribution in [3.63, 3.8) is 0 Å². The first-order valence-electron chi connectivity index (χ1n) is 7.22. The maximum absolute atomic E-state index is 6.00. The van der Waals surface area contributed by atoms with E-state index in [0.717, 1.165) is 18.5 Å². The largest absolute Gasteiger partial charge is 0.326 e. The standard InChI is InChI=1S/C15H23N3/c16-14-7-9-18(11-14)15-5-3-12(4-6-15)13-2-1-8-17-10-13/h1-2,8,10,12,14-15H,3-7,9,11,16H2/t12?,14-,15?/m1/s1. The smallest absolute Gasteiger partial charge is 0.0302 e. The van der Waals surface area contributed by atoms with E-state index in [0.29, 0.717) is 6.04 Å². The average molecular weight is 245 g/mol. The van der Waals surface area contributed by atoms with Crippen molar-refractivity contribution < 1.29 is 0 Å². The SMILES string of the molecule is N[C@@H]1CCN(C2CCC(c3cccnc3)CC2)C1. The molecule has 3 rings (SSSR count). The molecule has 2 heterocycles. The number of hydrogen-bond donors (Lipinski definition) is 1. The van der Waals surface area contributed by atoms with Gasteiger partial charge >= 0.3 is 0 Å². The van der Waals surface area contributed by atoms with Crippen LogP contribution in [-0.2, 0) is 0 Å². The van der Waals surface area contributed by atoms with Crippen molar-refractivity contribution >= 4 is 0 Å². The molecule has 0 spiro atoms. The highest BCUT2D eigenvalue weighted by Gasteiger charge is 2.30. The van der Waals surface area contributed by atoms with E-state index in [1.807, 2.05) is 12.4 Å². The van der Waals surface area contributed by atoms with Gasteiger partial charge < -0.3 is 5.73 Å². The fourth-order valence-corrected chi connectivity index (χ4v) is 3.54. The van der Waals surface area contributed by atoms with E-state index in [4.69, 9.17) is 5.73 Å². The van der Waals surface area contributed by atoms with Gasteiger partial charge in [0.2, 0.25) is 0 Å². The molecule has 2 aliphatic rings. The fourth-order valence-electron chi connectivity index (χ4n) is 3.54. The zero-order chi connectivity index (χ0) is 12.4. The third-order valence-electron chi connectivity index (χ3n) is 4.63. The van der Waals surface area contributed by atoms with Crippen LogP contribution in [0.3, 0.4) is 0 Å². The van der Waals surface area contributed by atoms with Crippen molar-refractivity contribution in [1.29, 1.82) is 0 Å². The summed E-state index contributed by atoms with van der Waals surface area (Å²) in [5.74, 6) is 0.728. The van der Waals surface area contributed by atoms with E-state index in [9.17, 15) is 0 Å². The molecule has 0 amide bonds. The summed E-state index contributed by atoms with van der Waals surface area (Å²) in [6.07, 6.45) is 10.4. The first-order chi connectivity index (χ1) is 8.83. The number of aromatic nitrogens is 1. The highest BCUT2D eigenvalue weighted by Crippen LogP contribution is 2.35. The Labute approximate surface area is 109 Å². The molecule has 3 heteroatoms. The highest BCUT2D eigenvalue weighted by molar-refractivity contribution is 5.15. The lowest BCUT2D eigenvalue weighted by Crippen LogP contribution is -2.37. The van der Waals surface area contributed by atoms with E-state index in [2.05, 4.69) is 22.0 Å². The van der Waals surface area contributed by atoms with Crippen LogP contribution >= 0.6 is 0 Å². The van der Waals surface area contributed by atoms with Crippen LogP contribution in [-0.4, -0.2) is 35.1 Å². The van der Waals surface area contributed by atoms with E-state index < -0.39 is 0 Å². The molecule has 0 aromatic carbocycles. The topological polar surface area (TPSA) is 42.1 Å². The normalized spacial score (nSPS) is 33.7. The zero-order valence-electron chi connectivity index (χ0n) is 11.0. The minimum absolute atomic E-state index is 0.418. The van der Waals surface area contributed by atoms with Crippen LogP contribution in [0.1, 0.15) is 43.6 Å². The van der Waals surface area contributed by atoms with Crippen molar-refractivity contribution in [3.05, 3.63) is 30.1 Å². The van der Waals surface area contributed by atoms with Crippen LogP contribution < -0.4 is 5.73 Å². The first-order valence-corrected chi connectivity index (χ1v) is 7.22. The van der Waals surface area contributed by atoms with Crippen molar-refractivity contribution in [2.75, 3.05) is 13.1 Å². The molecule has 2 fully saturated rings. The Kier molecular flexibility index (Phi) is 3.62. The lowest BCUT2D eigenvalue weighted by atomic mass is 9.82. The molecule has 0 unspecified atom stereocenters. The molecule has 18 heavy (non-hydrogen) atoms. The summed E-state index contributed by atoms with van der Waals surface area (Å²) < 4.78 is 0. The Hall–Kier alpha value is -0.930. The maximum atomic E-state index is 6.00. The van der Waals surface area contributed by atoms with Gasteiger partial charge in [0, 0.05) is 37.6 Å². The Balaban J connectivity index is 1.55. The molecule has 1 atom stereocenters. The van der Waals surface area contributed by atoms with E-state index in [1.54, 1.807) is 0 Å². The summed E-state index contributed by atoms with van der Waals surface area (Å²) in [4.78, 5) is 6.85. The second-order valence-electron chi connectivity index (χ2n) is 5.84. The number of rotatable bonds is 2. The number of pyridine rings is 1. The van der Waals surface area contributed by atoms with Crippen molar-refractivity contribution in [1.82, 2.24) is 9.88 Å². The highest BCUT2D eigenvalue weighted by atomic mass is 15.2. The minimum Gasteiger partial charge on any atom is -0.326 e. The van der Waals surface area contributed by atoms with Crippen LogP contribution in [0.25, 0.3) is 0 Å². The first kappa shape index (κ1) is 12.1. The lowest BCUT2D eigenvalue weighted by molar-refractivity contribution is 0.180. The number of nitrogens with zero attached hydrogens (tertiary/aromatic N) is 2. The summed E-state index contributed by atoms with van der Waals surface area (Å²) in [5.41, 5.74) is 7.43. The van der Waals surface area contributed by atoms with Crippen LogP contribution in [0.2, 0.25) is 0 Å². The van der Waals surface area contributed by atoms with Crippen LogP contribution in [0.4, 0.5) is 0 Å². The van der Waals surface area contributed by atoms with Gasteiger partial charge in [-0.05, 0) is 49.7 Å². The van der Waals surface area contributed by atoms with Crippen molar-refractivity contribution in [3.8, 4) is 0 Å². The third kappa shape index (κ3) is 2.57. The van der Waals surface area contributed by atoms with Gasteiger partial charge in [0.25, 0.3) is 0 Å². The monoisotopic (exact) mass is 245 g/mol. The quantitative estimate of drug-likeness (QED) is 0.868. The molecule has 1 aromatic heterocycles. The Morgan fingerprint density at radius 2 is 2.00 bits per heavy atom. The van der Waals surface area contributed by atoms with E-state index in [1.165, 1.54) is 44.2 Å².